The average molecular weight is 349 g/mol. The maximum absolute atomic E-state index is 12.2. The summed E-state index contributed by atoms with van der Waals surface area (Å²) >= 11 is 3.23. The van der Waals surface area contributed by atoms with Gasteiger partial charge in [0.1, 0.15) is 16.7 Å². The van der Waals surface area contributed by atoms with Crippen molar-refractivity contribution in [3.05, 3.63) is 65.2 Å². The summed E-state index contributed by atoms with van der Waals surface area (Å²) in [5, 5.41) is 10.2. The van der Waals surface area contributed by atoms with Crippen molar-refractivity contribution >= 4 is 21.9 Å². The van der Waals surface area contributed by atoms with Crippen LogP contribution in [0.5, 0.6) is 5.75 Å². The Morgan fingerprint density at radius 1 is 1.05 bits per heavy atom. The van der Waals surface area contributed by atoms with Crippen LogP contribution in [0.4, 0.5) is 0 Å². The van der Waals surface area contributed by atoms with Gasteiger partial charge in [-0.15, -0.1) is 0 Å². The van der Waals surface area contributed by atoms with Gasteiger partial charge in [-0.25, -0.2) is 0 Å². The van der Waals surface area contributed by atoms with Gasteiger partial charge in [0, 0.05) is 0 Å². The summed E-state index contributed by atoms with van der Waals surface area (Å²) in [5.74, 6) is 0.0379. The number of aliphatic hydroxyl groups is 1. The number of para-hydroxylation sites is 1. The highest BCUT2D eigenvalue weighted by Gasteiger charge is 2.27. The third-order valence-corrected chi connectivity index (χ3v) is 4.13. The smallest absolute Gasteiger partial charge is 0.328 e. The second-order valence-electron chi connectivity index (χ2n) is 4.90. The van der Waals surface area contributed by atoms with E-state index in [1.165, 1.54) is 0 Å². The van der Waals surface area contributed by atoms with Crippen molar-refractivity contribution in [1.29, 1.82) is 0 Å². The van der Waals surface area contributed by atoms with E-state index in [1.54, 1.807) is 12.1 Å². The maximum atomic E-state index is 12.2. The van der Waals surface area contributed by atoms with Crippen molar-refractivity contribution < 1.29 is 14.6 Å². The van der Waals surface area contributed by atoms with Gasteiger partial charge in [0.05, 0.1) is 0 Å². The molecule has 3 nitrogen and oxygen atoms in total. The van der Waals surface area contributed by atoms with Crippen LogP contribution in [0.3, 0.4) is 0 Å². The van der Waals surface area contributed by atoms with Gasteiger partial charge >= 0.3 is 5.97 Å². The molecule has 0 heterocycles. The van der Waals surface area contributed by atoms with Crippen LogP contribution < -0.4 is 4.74 Å². The van der Waals surface area contributed by atoms with Crippen molar-refractivity contribution in [2.45, 2.75) is 24.8 Å². The molecule has 2 atom stereocenters. The quantitative estimate of drug-likeness (QED) is 0.520. The molecule has 2 aromatic rings. The monoisotopic (exact) mass is 348 g/mol. The summed E-state index contributed by atoms with van der Waals surface area (Å²) in [7, 11) is 0. The predicted octanol–water partition coefficient (Wildman–Crippen LogP) is 3.71. The number of aliphatic hydroxyl groups excluding tert-OH is 1. The molecule has 0 saturated heterocycles. The Balaban J connectivity index is 2.13. The number of hydrogen-bond acceptors (Lipinski definition) is 3. The van der Waals surface area contributed by atoms with E-state index in [4.69, 9.17) is 4.74 Å². The first kappa shape index (κ1) is 15.7. The molecule has 4 heteroatoms. The van der Waals surface area contributed by atoms with E-state index in [0.717, 1.165) is 11.1 Å². The molecule has 2 unspecified atom stereocenters. The van der Waals surface area contributed by atoms with Gasteiger partial charge < -0.3 is 9.84 Å². The molecule has 2 aromatic carbocycles. The van der Waals surface area contributed by atoms with Crippen molar-refractivity contribution in [2.24, 2.45) is 0 Å². The van der Waals surface area contributed by atoms with Gasteiger partial charge in [-0.05, 0) is 30.5 Å². The highest BCUT2D eigenvalue weighted by Crippen LogP contribution is 2.27. The summed E-state index contributed by atoms with van der Waals surface area (Å²) in [6, 6.07) is 14.7. The number of carbonyl (C=O) groups is 1. The third kappa shape index (κ3) is 3.71. The van der Waals surface area contributed by atoms with E-state index in [9.17, 15) is 9.90 Å². The number of carbonyl (C=O) groups excluding carboxylic acids is 1. The fourth-order valence-electron chi connectivity index (χ4n) is 2.07. The van der Waals surface area contributed by atoms with Crippen LogP contribution in [0.25, 0.3) is 0 Å². The molecule has 110 valence electrons. The molecule has 0 bridgehead atoms. The summed E-state index contributed by atoms with van der Waals surface area (Å²) < 4.78 is 5.43. The molecule has 0 spiro atoms. The van der Waals surface area contributed by atoms with Crippen LogP contribution in [-0.2, 0) is 4.79 Å². The van der Waals surface area contributed by atoms with Gasteiger partial charge in [0.25, 0.3) is 0 Å². The van der Waals surface area contributed by atoms with Crippen molar-refractivity contribution in [3.8, 4) is 5.75 Å². The number of benzene rings is 2. The SMILES string of the molecule is Cc1cccc(C)c1OC(=O)C(Br)C(O)c1ccccc1. The standard InChI is InChI=1S/C17H17BrO3/c1-11-7-6-8-12(2)16(11)21-17(20)14(18)15(19)13-9-4-3-5-10-13/h3-10,14-15,19H,1-2H3. The zero-order valence-electron chi connectivity index (χ0n) is 11.9. The minimum Gasteiger partial charge on any atom is -0.425 e. The van der Waals surface area contributed by atoms with Crippen LogP contribution >= 0.6 is 15.9 Å². The minimum atomic E-state index is -0.956. The molecule has 0 fully saturated rings. The summed E-state index contributed by atoms with van der Waals surface area (Å²) in [6.45, 7) is 3.76. The Hall–Kier alpha value is -1.65. The molecule has 0 aliphatic heterocycles. The van der Waals surface area contributed by atoms with Gasteiger partial charge in [-0.3, -0.25) is 4.79 Å². The molecule has 1 N–H and O–H groups in total. The highest BCUT2D eigenvalue weighted by atomic mass is 79.9. The number of ether oxygens (including phenoxy) is 1. The second kappa shape index (κ2) is 6.87. The molecular weight excluding hydrogens is 332 g/mol. The molecule has 0 aromatic heterocycles. The fourth-order valence-corrected chi connectivity index (χ4v) is 2.46. The van der Waals surface area contributed by atoms with Crippen LogP contribution in [0.1, 0.15) is 22.8 Å². The first-order valence-electron chi connectivity index (χ1n) is 6.65. The van der Waals surface area contributed by atoms with Crippen LogP contribution in [0.2, 0.25) is 0 Å². The lowest BCUT2D eigenvalue weighted by Gasteiger charge is -2.18. The lowest BCUT2D eigenvalue weighted by atomic mass is 10.1. The van der Waals surface area contributed by atoms with Crippen molar-refractivity contribution in [2.75, 3.05) is 0 Å². The van der Waals surface area contributed by atoms with Gasteiger partial charge in [-0.1, -0.05) is 64.5 Å². The third-order valence-electron chi connectivity index (χ3n) is 3.25. The lowest BCUT2D eigenvalue weighted by molar-refractivity contribution is -0.135. The normalized spacial score (nSPS) is 13.5. The van der Waals surface area contributed by atoms with Gasteiger partial charge in [0.15, 0.2) is 0 Å². The number of alkyl halides is 1. The van der Waals surface area contributed by atoms with Crippen molar-refractivity contribution in [3.63, 3.8) is 0 Å². The summed E-state index contributed by atoms with van der Waals surface area (Å²) in [4.78, 5) is 11.4. The minimum absolute atomic E-state index is 0.510. The molecule has 0 radical (unpaired) electrons. The number of aryl methyl sites for hydroxylation is 2. The zero-order valence-corrected chi connectivity index (χ0v) is 13.5. The zero-order chi connectivity index (χ0) is 15.4. The van der Waals surface area contributed by atoms with E-state index in [1.807, 2.05) is 50.2 Å². The number of halogens is 1. The largest absolute Gasteiger partial charge is 0.425 e. The number of hydrogen-bond donors (Lipinski definition) is 1. The Morgan fingerprint density at radius 3 is 2.19 bits per heavy atom. The van der Waals surface area contributed by atoms with E-state index in [-0.39, 0.29) is 0 Å². The Labute approximate surface area is 132 Å². The molecular formula is C17H17BrO3. The molecule has 21 heavy (non-hydrogen) atoms. The predicted molar refractivity (Wildman–Crippen MR) is 85.7 cm³/mol. The van der Waals surface area contributed by atoms with E-state index >= 15 is 0 Å². The highest BCUT2D eigenvalue weighted by molar-refractivity contribution is 9.10. The number of esters is 1. The summed E-state index contributed by atoms with van der Waals surface area (Å²) in [6.07, 6.45) is -0.956. The van der Waals surface area contributed by atoms with Gasteiger partial charge in [0.2, 0.25) is 0 Å². The van der Waals surface area contributed by atoms with Gasteiger partial charge in [-0.2, -0.15) is 0 Å². The Morgan fingerprint density at radius 2 is 1.62 bits per heavy atom. The first-order chi connectivity index (χ1) is 10.0. The van der Waals surface area contributed by atoms with Crippen molar-refractivity contribution in [1.82, 2.24) is 0 Å². The first-order valence-corrected chi connectivity index (χ1v) is 7.57. The average Bonchev–Trinajstić information content (AvgIpc) is 2.50. The maximum Gasteiger partial charge on any atom is 0.328 e. The van der Waals surface area contributed by atoms with E-state index < -0.39 is 16.9 Å². The molecule has 0 aliphatic rings. The Kier molecular flexibility index (Phi) is 5.15. The fraction of sp³-hybridized carbons (Fsp3) is 0.235. The number of rotatable bonds is 4. The molecule has 0 saturated carbocycles. The van der Waals surface area contributed by atoms with Crippen LogP contribution in [-0.4, -0.2) is 15.9 Å². The van der Waals surface area contributed by atoms with Crippen LogP contribution in [0, 0.1) is 13.8 Å². The Bertz CT molecular complexity index is 605. The molecule has 0 amide bonds. The topological polar surface area (TPSA) is 46.5 Å². The lowest BCUT2D eigenvalue weighted by Crippen LogP contribution is -2.27. The summed E-state index contributed by atoms with van der Waals surface area (Å²) in [5.41, 5.74) is 2.44. The second-order valence-corrected chi connectivity index (χ2v) is 5.89. The van der Waals surface area contributed by atoms with E-state index in [0.29, 0.717) is 11.3 Å². The molecule has 0 aliphatic carbocycles. The van der Waals surface area contributed by atoms with E-state index in [2.05, 4.69) is 15.9 Å². The molecule has 2 rings (SSSR count). The van der Waals surface area contributed by atoms with Crippen LogP contribution in [0.15, 0.2) is 48.5 Å².